The van der Waals surface area contributed by atoms with Crippen molar-refractivity contribution in [2.24, 2.45) is 5.84 Å². The van der Waals surface area contributed by atoms with Gasteiger partial charge in [-0.3, -0.25) is 0 Å². The Labute approximate surface area is 111 Å². The maximum atomic E-state index is 12.2. The first-order chi connectivity index (χ1) is 8.63. The van der Waals surface area contributed by atoms with Crippen LogP contribution in [0, 0.1) is 0 Å². The number of thioether (sulfide) groups is 1. The summed E-state index contributed by atoms with van der Waals surface area (Å²) in [6.07, 6.45) is 3.20. The summed E-state index contributed by atoms with van der Waals surface area (Å²) in [6, 6.07) is 3.07. The minimum atomic E-state index is -3.57. The van der Waals surface area contributed by atoms with Crippen molar-refractivity contribution in [3.05, 3.63) is 18.3 Å². The average molecular weight is 288 g/mol. The summed E-state index contributed by atoms with van der Waals surface area (Å²) in [5.41, 5.74) is 2.30. The van der Waals surface area contributed by atoms with Crippen LogP contribution < -0.4 is 16.0 Å². The van der Waals surface area contributed by atoms with Crippen LogP contribution in [0.4, 0.5) is 5.82 Å². The molecule has 0 aromatic carbocycles. The van der Waals surface area contributed by atoms with Crippen LogP contribution >= 0.6 is 11.8 Å². The van der Waals surface area contributed by atoms with Crippen LogP contribution in [0.1, 0.15) is 12.8 Å². The van der Waals surface area contributed by atoms with E-state index in [9.17, 15) is 8.42 Å². The summed E-state index contributed by atoms with van der Waals surface area (Å²) in [5.74, 6) is 7.41. The molecule has 0 aliphatic carbocycles. The Balaban J connectivity index is 2.19. The molecule has 1 fully saturated rings. The van der Waals surface area contributed by atoms with Gasteiger partial charge < -0.3 is 5.43 Å². The SMILES string of the molecule is NNc1ncccc1S(=O)(=O)NC1CCSCC1. The number of hydrazine groups is 1. The van der Waals surface area contributed by atoms with Gasteiger partial charge in [0.05, 0.1) is 0 Å². The highest BCUT2D eigenvalue weighted by Crippen LogP contribution is 2.21. The van der Waals surface area contributed by atoms with E-state index in [0.29, 0.717) is 0 Å². The van der Waals surface area contributed by atoms with Gasteiger partial charge in [0.2, 0.25) is 10.0 Å². The zero-order valence-corrected chi connectivity index (χ0v) is 11.4. The van der Waals surface area contributed by atoms with Crippen molar-refractivity contribution in [3.63, 3.8) is 0 Å². The molecule has 0 saturated carbocycles. The fourth-order valence-corrected chi connectivity index (χ4v) is 4.35. The lowest BCUT2D eigenvalue weighted by Crippen LogP contribution is -2.37. The second-order valence-corrected chi connectivity index (χ2v) is 6.91. The zero-order valence-electron chi connectivity index (χ0n) is 9.80. The summed E-state index contributed by atoms with van der Waals surface area (Å²) in [7, 11) is -3.57. The molecule has 1 aliphatic heterocycles. The van der Waals surface area contributed by atoms with Crippen LogP contribution in [0.25, 0.3) is 0 Å². The Kier molecular flexibility index (Phi) is 4.44. The van der Waals surface area contributed by atoms with E-state index >= 15 is 0 Å². The van der Waals surface area contributed by atoms with E-state index in [1.165, 1.54) is 12.3 Å². The Morgan fingerprint density at radius 3 is 2.78 bits per heavy atom. The van der Waals surface area contributed by atoms with E-state index in [4.69, 9.17) is 5.84 Å². The summed E-state index contributed by atoms with van der Waals surface area (Å²) >= 11 is 1.85. The first-order valence-corrected chi connectivity index (χ1v) is 8.29. The van der Waals surface area contributed by atoms with Crippen molar-refractivity contribution < 1.29 is 8.42 Å². The van der Waals surface area contributed by atoms with E-state index in [1.54, 1.807) is 6.07 Å². The van der Waals surface area contributed by atoms with Crippen LogP contribution in [0.3, 0.4) is 0 Å². The van der Waals surface area contributed by atoms with Gasteiger partial charge in [0.1, 0.15) is 4.90 Å². The highest BCUT2D eigenvalue weighted by Gasteiger charge is 2.24. The van der Waals surface area contributed by atoms with E-state index in [1.807, 2.05) is 11.8 Å². The number of sulfonamides is 1. The molecule has 0 radical (unpaired) electrons. The lowest BCUT2D eigenvalue weighted by molar-refractivity contribution is 0.529. The molecule has 100 valence electrons. The maximum Gasteiger partial charge on any atom is 0.244 e. The molecule has 18 heavy (non-hydrogen) atoms. The van der Waals surface area contributed by atoms with E-state index in [2.05, 4.69) is 15.1 Å². The molecule has 2 rings (SSSR count). The Hall–Kier alpha value is -0.830. The number of nitrogen functional groups attached to an aromatic ring is 1. The summed E-state index contributed by atoms with van der Waals surface area (Å²) in [6.45, 7) is 0. The average Bonchev–Trinajstić information content (AvgIpc) is 2.39. The number of hydrogen-bond acceptors (Lipinski definition) is 6. The first kappa shape index (κ1) is 13.6. The highest BCUT2D eigenvalue weighted by atomic mass is 32.2. The first-order valence-electron chi connectivity index (χ1n) is 5.65. The van der Waals surface area contributed by atoms with E-state index < -0.39 is 10.0 Å². The molecule has 1 aromatic heterocycles. The van der Waals surface area contributed by atoms with Crippen LogP contribution in [0.5, 0.6) is 0 Å². The number of nitrogens with one attached hydrogen (secondary N) is 2. The van der Waals surface area contributed by atoms with Crippen molar-refractivity contribution in [2.45, 2.75) is 23.8 Å². The molecule has 4 N–H and O–H groups in total. The molecule has 8 heteroatoms. The molecule has 2 heterocycles. The molecular weight excluding hydrogens is 272 g/mol. The summed E-state index contributed by atoms with van der Waals surface area (Å²) < 4.78 is 27.2. The highest BCUT2D eigenvalue weighted by molar-refractivity contribution is 7.99. The van der Waals surface area contributed by atoms with E-state index in [-0.39, 0.29) is 16.8 Å². The number of nitrogens with zero attached hydrogens (tertiary/aromatic N) is 1. The van der Waals surface area contributed by atoms with E-state index in [0.717, 1.165) is 24.3 Å². The van der Waals surface area contributed by atoms with Gasteiger partial charge in [0, 0.05) is 12.2 Å². The minimum Gasteiger partial charge on any atom is -0.307 e. The second kappa shape index (κ2) is 5.87. The van der Waals surface area contributed by atoms with Gasteiger partial charge in [-0.2, -0.15) is 11.8 Å². The van der Waals surface area contributed by atoms with Crippen molar-refractivity contribution in [3.8, 4) is 0 Å². The molecule has 6 nitrogen and oxygen atoms in total. The van der Waals surface area contributed by atoms with Gasteiger partial charge in [0.25, 0.3) is 0 Å². The van der Waals surface area contributed by atoms with Crippen LogP contribution in [-0.4, -0.2) is 30.9 Å². The molecular formula is C10H16N4O2S2. The van der Waals surface area contributed by atoms with Gasteiger partial charge >= 0.3 is 0 Å². The third-order valence-electron chi connectivity index (χ3n) is 2.74. The standard InChI is InChI=1S/C10H16N4O2S2/c11-13-10-9(2-1-5-12-10)18(15,16)14-8-3-6-17-7-4-8/h1-2,5,8,14H,3-4,6-7,11H2,(H,12,13). The quantitative estimate of drug-likeness (QED) is 0.553. The second-order valence-electron chi connectivity index (χ2n) is 4.00. The Morgan fingerprint density at radius 2 is 2.11 bits per heavy atom. The third kappa shape index (κ3) is 3.14. The smallest absolute Gasteiger partial charge is 0.244 e. The lowest BCUT2D eigenvalue weighted by Gasteiger charge is -2.22. The lowest BCUT2D eigenvalue weighted by atomic mass is 10.2. The normalized spacial score (nSPS) is 17.6. The zero-order chi connectivity index (χ0) is 13.0. The maximum absolute atomic E-state index is 12.2. The number of hydrogen-bond donors (Lipinski definition) is 3. The Bertz CT molecular complexity index is 500. The molecule has 1 saturated heterocycles. The van der Waals surface area contributed by atoms with Crippen LogP contribution in [-0.2, 0) is 10.0 Å². The van der Waals surface area contributed by atoms with Crippen molar-refractivity contribution in [1.29, 1.82) is 0 Å². The fraction of sp³-hybridized carbons (Fsp3) is 0.500. The Morgan fingerprint density at radius 1 is 1.39 bits per heavy atom. The van der Waals surface area contributed by atoms with Crippen molar-refractivity contribution in [2.75, 3.05) is 16.9 Å². The van der Waals surface area contributed by atoms with Crippen LogP contribution in [0.15, 0.2) is 23.2 Å². The predicted molar refractivity (Wildman–Crippen MR) is 72.7 cm³/mol. The molecule has 0 unspecified atom stereocenters. The number of pyridine rings is 1. The number of rotatable bonds is 4. The van der Waals surface area contributed by atoms with Crippen molar-refractivity contribution in [1.82, 2.24) is 9.71 Å². The number of aromatic nitrogens is 1. The molecule has 0 bridgehead atoms. The third-order valence-corrected chi connectivity index (χ3v) is 5.34. The number of anilines is 1. The van der Waals surface area contributed by atoms with Gasteiger partial charge in [-0.15, -0.1) is 0 Å². The fourth-order valence-electron chi connectivity index (χ4n) is 1.81. The van der Waals surface area contributed by atoms with Crippen LogP contribution in [0.2, 0.25) is 0 Å². The largest absolute Gasteiger partial charge is 0.307 e. The van der Waals surface area contributed by atoms with Gasteiger partial charge in [-0.1, -0.05) is 0 Å². The molecule has 0 atom stereocenters. The molecule has 1 aromatic rings. The minimum absolute atomic E-state index is 0.00193. The molecule has 0 amide bonds. The molecule has 0 spiro atoms. The van der Waals surface area contributed by atoms with Crippen molar-refractivity contribution >= 4 is 27.6 Å². The number of nitrogens with two attached hydrogens (primary N) is 1. The van der Waals surface area contributed by atoms with Gasteiger partial charge in [-0.05, 0) is 36.5 Å². The van der Waals surface area contributed by atoms with Gasteiger partial charge in [0.15, 0.2) is 5.82 Å². The monoisotopic (exact) mass is 288 g/mol. The van der Waals surface area contributed by atoms with Gasteiger partial charge in [-0.25, -0.2) is 24.0 Å². The topological polar surface area (TPSA) is 97.1 Å². The molecule has 1 aliphatic rings. The predicted octanol–water partition coefficient (Wildman–Crippen LogP) is 0.541. The summed E-state index contributed by atoms with van der Waals surface area (Å²) in [4.78, 5) is 3.99. The summed E-state index contributed by atoms with van der Waals surface area (Å²) in [5, 5.41) is 0.